The average molecular weight is 282 g/mol. The summed E-state index contributed by atoms with van der Waals surface area (Å²) >= 11 is 8.56. The average Bonchev–Trinajstić information content (AvgIpc) is 2.73. The highest BCUT2D eigenvalue weighted by Crippen LogP contribution is 2.53. The molecule has 98 valence electrons. The molecule has 2 fully saturated rings. The first kappa shape index (κ1) is 12.8. The summed E-state index contributed by atoms with van der Waals surface area (Å²) in [5, 5.41) is 5.30. The maximum Gasteiger partial charge on any atom is 0.0441 e. The van der Waals surface area contributed by atoms with Gasteiger partial charge < -0.3 is 5.32 Å². The Labute approximate surface area is 119 Å². The van der Waals surface area contributed by atoms with Crippen molar-refractivity contribution in [2.24, 2.45) is 5.41 Å². The number of nitrogens with one attached hydrogen (secondary N) is 1. The number of piperidine rings is 1. The van der Waals surface area contributed by atoms with Crippen LogP contribution in [0.25, 0.3) is 0 Å². The third-order valence-corrected chi connectivity index (χ3v) is 6.34. The minimum Gasteiger partial charge on any atom is -0.316 e. The van der Waals surface area contributed by atoms with Gasteiger partial charge in [0.15, 0.2) is 0 Å². The topological polar surface area (TPSA) is 12.0 Å². The first-order valence-corrected chi connectivity index (χ1v) is 8.21. The molecule has 2 aliphatic heterocycles. The smallest absolute Gasteiger partial charge is 0.0441 e. The van der Waals surface area contributed by atoms with E-state index in [1.54, 1.807) is 0 Å². The van der Waals surface area contributed by atoms with Crippen LogP contribution in [0.5, 0.6) is 0 Å². The lowest BCUT2D eigenvalue weighted by Crippen LogP contribution is -2.44. The van der Waals surface area contributed by atoms with Crippen LogP contribution in [0.1, 0.15) is 31.2 Å². The molecule has 2 saturated heterocycles. The molecule has 1 aromatic rings. The molecule has 1 nitrogen and oxygen atoms in total. The highest BCUT2D eigenvalue weighted by molar-refractivity contribution is 8.00. The van der Waals surface area contributed by atoms with E-state index in [1.165, 1.54) is 24.2 Å². The van der Waals surface area contributed by atoms with E-state index >= 15 is 0 Å². The number of halogens is 1. The highest BCUT2D eigenvalue weighted by atomic mass is 35.5. The highest BCUT2D eigenvalue weighted by Gasteiger charge is 2.46. The van der Waals surface area contributed by atoms with Gasteiger partial charge in [-0.05, 0) is 42.2 Å². The second kappa shape index (κ2) is 5.07. The van der Waals surface area contributed by atoms with Crippen molar-refractivity contribution in [2.75, 3.05) is 18.8 Å². The molecule has 0 saturated carbocycles. The minimum atomic E-state index is 0.473. The Balaban J connectivity index is 1.96. The number of benzene rings is 1. The quantitative estimate of drug-likeness (QED) is 0.837. The van der Waals surface area contributed by atoms with Crippen LogP contribution in [0.3, 0.4) is 0 Å². The van der Waals surface area contributed by atoms with E-state index in [0.717, 1.165) is 23.4 Å². The van der Waals surface area contributed by atoms with E-state index in [4.69, 9.17) is 11.6 Å². The van der Waals surface area contributed by atoms with E-state index in [9.17, 15) is 0 Å². The first-order valence-electron chi connectivity index (χ1n) is 6.78. The van der Waals surface area contributed by atoms with Crippen LogP contribution in [0, 0.1) is 5.41 Å². The fourth-order valence-electron chi connectivity index (χ4n) is 3.59. The lowest BCUT2D eigenvalue weighted by atomic mass is 9.67. The molecular weight excluding hydrogens is 262 g/mol. The van der Waals surface area contributed by atoms with E-state index in [1.807, 2.05) is 12.1 Å². The van der Waals surface area contributed by atoms with Gasteiger partial charge >= 0.3 is 0 Å². The van der Waals surface area contributed by atoms with Crippen LogP contribution in [-0.2, 0) is 0 Å². The van der Waals surface area contributed by atoms with Gasteiger partial charge in [-0.2, -0.15) is 11.8 Å². The SMILES string of the molecule is CC1CC2(CCNCC2c2ccccc2Cl)CS1. The van der Waals surface area contributed by atoms with Crippen molar-refractivity contribution >= 4 is 23.4 Å². The maximum absolute atomic E-state index is 6.42. The molecule has 1 aromatic carbocycles. The van der Waals surface area contributed by atoms with Crippen molar-refractivity contribution in [3.8, 4) is 0 Å². The third-order valence-electron chi connectivity index (χ3n) is 4.52. The molecule has 2 heterocycles. The van der Waals surface area contributed by atoms with Crippen molar-refractivity contribution in [2.45, 2.75) is 30.9 Å². The van der Waals surface area contributed by atoms with E-state index < -0.39 is 0 Å². The van der Waals surface area contributed by atoms with Gasteiger partial charge in [0.2, 0.25) is 0 Å². The largest absolute Gasteiger partial charge is 0.316 e. The molecule has 0 bridgehead atoms. The molecule has 3 rings (SSSR count). The predicted molar refractivity (Wildman–Crippen MR) is 80.6 cm³/mol. The molecular formula is C15H20ClNS. The van der Waals surface area contributed by atoms with Gasteiger partial charge in [-0.25, -0.2) is 0 Å². The summed E-state index contributed by atoms with van der Waals surface area (Å²) < 4.78 is 0. The summed E-state index contributed by atoms with van der Waals surface area (Å²) in [5.41, 5.74) is 1.82. The Morgan fingerprint density at radius 3 is 2.94 bits per heavy atom. The van der Waals surface area contributed by atoms with Gasteiger partial charge in [0, 0.05) is 22.7 Å². The fourth-order valence-corrected chi connectivity index (χ4v) is 5.38. The second-order valence-corrected chi connectivity index (χ2v) is 7.55. The Bertz CT molecular complexity index is 432. The zero-order valence-corrected chi connectivity index (χ0v) is 12.4. The minimum absolute atomic E-state index is 0.473. The summed E-state index contributed by atoms with van der Waals surface area (Å²) in [4.78, 5) is 0. The summed E-state index contributed by atoms with van der Waals surface area (Å²) in [5.74, 6) is 1.88. The van der Waals surface area contributed by atoms with Gasteiger partial charge in [0.25, 0.3) is 0 Å². The first-order chi connectivity index (χ1) is 8.71. The molecule has 18 heavy (non-hydrogen) atoms. The van der Waals surface area contributed by atoms with Crippen LogP contribution in [0.4, 0.5) is 0 Å². The number of hydrogen-bond donors (Lipinski definition) is 1. The van der Waals surface area contributed by atoms with Crippen LogP contribution >= 0.6 is 23.4 Å². The van der Waals surface area contributed by atoms with Crippen molar-refractivity contribution in [3.05, 3.63) is 34.9 Å². The van der Waals surface area contributed by atoms with Crippen LogP contribution in [0.2, 0.25) is 5.02 Å². The standard InChI is InChI=1S/C15H20ClNS/c1-11-8-15(10-18-11)6-7-17-9-13(15)12-4-2-3-5-14(12)16/h2-5,11,13,17H,6-10H2,1H3. The lowest BCUT2D eigenvalue weighted by Gasteiger charge is -2.42. The molecule has 0 aliphatic carbocycles. The summed E-state index contributed by atoms with van der Waals surface area (Å²) in [6.07, 6.45) is 2.63. The Morgan fingerprint density at radius 1 is 1.39 bits per heavy atom. The Morgan fingerprint density at radius 2 is 2.22 bits per heavy atom. The number of rotatable bonds is 1. The zero-order chi connectivity index (χ0) is 12.6. The third kappa shape index (κ3) is 2.19. The molecule has 0 amide bonds. The maximum atomic E-state index is 6.42. The lowest BCUT2D eigenvalue weighted by molar-refractivity contribution is 0.190. The van der Waals surface area contributed by atoms with E-state index in [0.29, 0.717) is 11.3 Å². The van der Waals surface area contributed by atoms with Gasteiger partial charge in [-0.3, -0.25) is 0 Å². The van der Waals surface area contributed by atoms with Gasteiger partial charge in [0.1, 0.15) is 0 Å². The monoisotopic (exact) mass is 281 g/mol. The Kier molecular flexibility index (Phi) is 3.61. The number of thioether (sulfide) groups is 1. The number of hydrogen-bond acceptors (Lipinski definition) is 2. The molecule has 3 atom stereocenters. The Hall–Kier alpha value is -0.180. The van der Waals surface area contributed by atoms with Crippen molar-refractivity contribution in [1.82, 2.24) is 5.32 Å². The van der Waals surface area contributed by atoms with Crippen molar-refractivity contribution in [3.63, 3.8) is 0 Å². The van der Waals surface area contributed by atoms with Gasteiger partial charge in [0.05, 0.1) is 0 Å². The molecule has 3 unspecified atom stereocenters. The van der Waals surface area contributed by atoms with Gasteiger partial charge in [-0.1, -0.05) is 36.7 Å². The molecule has 0 radical (unpaired) electrons. The fraction of sp³-hybridized carbons (Fsp3) is 0.600. The van der Waals surface area contributed by atoms with Gasteiger partial charge in [-0.15, -0.1) is 0 Å². The van der Waals surface area contributed by atoms with Crippen LogP contribution in [-0.4, -0.2) is 24.1 Å². The summed E-state index contributed by atoms with van der Waals surface area (Å²) in [6, 6.07) is 8.40. The van der Waals surface area contributed by atoms with Crippen molar-refractivity contribution < 1.29 is 0 Å². The molecule has 3 heteroatoms. The summed E-state index contributed by atoms with van der Waals surface area (Å²) in [7, 11) is 0. The second-order valence-electron chi connectivity index (χ2n) is 5.72. The molecule has 1 spiro atoms. The van der Waals surface area contributed by atoms with Crippen molar-refractivity contribution in [1.29, 1.82) is 0 Å². The molecule has 1 N–H and O–H groups in total. The zero-order valence-electron chi connectivity index (χ0n) is 10.8. The predicted octanol–water partition coefficient (Wildman–Crippen LogP) is 3.93. The summed E-state index contributed by atoms with van der Waals surface area (Å²) in [6.45, 7) is 4.61. The molecule has 0 aromatic heterocycles. The normalized spacial score (nSPS) is 36.1. The molecule has 2 aliphatic rings. The van der Waals surface area contributed by atoms with Crippen LogP contribution < -0.4 is 5.32 Å². The van der Waals surface area contributed by atoms with E-state index in [-0.39, 0.29) is 0 Å². The van der Waals surface area contributed by atoms with Crippen LogP contribution in [0.15, 0.2) is 24.3 Å². The van der Waals surface area contributed by atoms with E-state index in [2.05, 4.69) is 36.1 Å².